The molecule has 2 rings (SSSR count). The third-order valence-corrected chi connectivity index (χ3v) is 3.10. The molecule has 16 heavy (non-hydrogen) atoms. The van der Waals surface area contributed by atoms with Crippen molar-refractivity contribution in [2.75, 3.05) is 7.11 Å². The minimum atomic E-state index is -0.415. The summed E-state index contributed by atoms with van der Waals surface area (Å²) in [7, 11) is 1.34. The van der Waals surface area contributed by atoms with Gasteiger partial charge in [-0.25, -0.2) is 4.79 Å². The molecule has 0 amide bonds. The monoisotopic (exact) mass is 299 g/mol. The lowest BCUT2D eigenvalue weighted by atomic mass is 10.1. The van der Waals surface area contributed by atoms with Gasteiger partial charge in [-0.05, 0) is 28.1 Å². The van der Waals surface area contributed by atoms with Crippen molar-refractivity contribution in [1.29, 1.82) is 0 Å². The summed E-state index contributed by atoms with van der Waals surface area (Å²) >= 11 is 9.33. The van der Waals surface area contributed by atoms with Crippen LogP contribution in [0.5, 0.6) is 0 Å². The van der Waals surface area contributed by atoms with E-state index < -0.39 is 5.97 Å². The number of ether oxygens (including phenoxy) is 1. The first-order valence-electron chi connectivity index (χ1n) is 4.46. The van der Waals surface area contributed by atoms with Gasteiger partial charge in [0.05, 0.1) is 23.2 Å². The average Bonchev–Trinajstić information content (AvgIpc) is 2.28. The Bertz CT molecular complexity index is 571. The highest BCUT2D eigenvalue weighted by molar-refractivity contribution is 9.10. The first kappa shape index (κ1) is 11.4. The van der Waals surface area contributed by atoms with Crippen molar-refractivity contribution in [2.45, 2.75) is 0 Å². The fourth-order valence-electron chi connectivity index (χ4n) is 1.49. The number of carbonyl (C=O) groups is 1. The van der Waals surface area contributed by atoms with E-state index >= 15 is 0 Å². The molecule has 0 saturated carbocycles. The summed E-state index contributed by atoms with van der Waals surface area (Å²) in [5.41, 5.74) is 1.03. The molecule has 82 valence electrons. The Balaban J connectivity index is 2.87. The van der Waals surface area contributed by atoms with Crippen LogP contribution in [-0.2, 0) is 4.74 Å². The third kappa shape index (κ3) is 1.79. The lowest BCUT2D eigenvalue weighted by Crippen LogP contribution is -2.04. The van der Waals surface area contributed by atoms with Crippen molar-refractivity contribution < 1.29 is 9.53 Å². The number of esters is 1. The van der Waals surface area contributed by atoms with E-state index in [2.05, 4.69) is 20.9 Å². The predicted octanol–water partition coefficient (Wildman–Crippen LogP) is 3.44. The van der Waals surface area contributed by atoms with E-state index in [0.717, 1.165) is 0 Å². The largest absolute Gasteiger partial charge is 0.465 e. The fraction of sp³-hybridized carbons (Fsp3) is 0.0909. The molecule has 0 spiro atoms. The molecule has 0 aliphatic carbocycles. The molecule has 1 aromatic carbocycles. The smallest absolute Gasteiger partial charge is 0.339 e. The molecule has 0 atom stereocenters. The maximum atomic E-state index is 11.6. The molecule has 1 aromatic heterocycles. The number of nitrogens with zero attached hydrogens (tertiary/aromatic N) is 1. The van der Waals surface area contributed by atoms with Crippen molar-refractivity contribution in [1.82, 2.24) is 4.98 Å². The van der Waals surface area contributed by atoms with Gasteiger partial charge in [0.25, 0.3) is 0 Å². The van der Waals surface area contributed by atoms with E-state index in [1.54, 1.807) is 24.4 Å². The molecule has 0 unspecified atom stereocenters. The lowest BCUT2D eigenvalue weighted by Gasteiger charge is -2.07. The maximum Gasteiger partial charge on any atom is 0.339 e. The van der Waals surface area contributed by atoms with Crippen LogP contribution >= 0.6 is 27.5 Å². The molecule has 0 bridgehead atoms. The number of methoxy groups -OCH3 is 1. The van der Waals surface area contributed by atoms with Gasteiger partial charge in [0.1, 0.15) is 0 Å². The van der Waals surface area contributed by atoms with Crippen molar-refractivity contribution in [3.8, 4) is 0 Å². The molecular formula is C11H7BrClNO2. The summed E-state index contributed by atoms with van der Waals surface area (Å²) in [5.74, 6) is -0.415. The second-order valence-electron chi connectivity index (χ2n) is 3.11. The van der Waals surface area contributed by atoms with E-state index in [9.17, 15) is 4.79 Å². The van der Waals surface area contributed by atoms with Crippen LogP contribution in [0.2, 0.25) is 5.02 Å². The molecule has 2 aromatic rings. The third-order valence-electron chi connectivity index (χ3n) is 2.19. The zero-order chi connectivity index (χ0) is 11.7. The lowest BCUT2D eigenvalue weighted by molar-refractivity contribution is 0.0602. The van der Waals surface area contributed by atoms with Crippen LogP contribution < -0.4 is 0 Å². The standard InChI is InChI=1S/C11H7BrClNO2/c1-16-11(15)9-6-3-2-4-14-10(6)8(13)5-7(9)12/h2-5H,1H3. The quantitative estimate of drug-likeness (QED) is 0.757. The summed E-state index contributed by atoms with van der Waals surface area (Å²) in [4.78, 5) is 15.8. The highest BCUT2D eigenvalue weighted by atomic mass is 79.9. The number of aromatic nitrogens is 1. The summed E-state index contributed by atoms with van der Waals surface area (Å²) in [6.45, 7) is 0. The molecule has 5 heteroatoms. The van der Waals surface area contributed by atoms with Crippen LogP contribution in [0.4, 0.5) is 0 Å². The fourth-order valence-corrected chi connectivity index (χ4v) is 2.48. The number of benzene rings is 1. The number of rotatable bonds is 1. The highest BCUT2D eigenvalue weighted by Gasteiger charge is 2.17. The maximum absolute atomic E-state index is 11.6. The molecule has 3 nitrogen and oxygen atoms in total. The van der Waals surface area contributed by atoms with E-state index in [0.29, 0.717) is 26.0 Å². The molecule has 0 aliphatic rings. The summed E-state index contributed by atoms with van der Waals surface area (Å²) in [6, 6.07) is 5.17. The molecule has 0 fully saturated rings. The number of halogens is 2. The van der Waals surface area contributed by atoms with Crippen molar-refractivity contribution >= 4 is 44.4 Å². The number of fused-ring (bicyclic) bond motifs is 1. The van der Waals surface area contributed by atoms with Crippen LogP contribution in [0.25, 0.3) is 10.9 Å². The first-order valence-corrected chi connectivity index (χ1v) is 5.63. The van der Waals surface area contributed by atoms with Gasteiger partial charge in [-0.3, -0.25) is 4.98 Å². The van der Waals surface area contributed by atoms with Gasteiger partial charge in [0.15, 0.2) is 0 Å². The Morgan fingerprint density at radius 3 is 3.00 bits per heavy atom. The van der Waals surface area contributed by atoms with Gasteiger partial charge in [-0.2, -0.15) is 0 Å². The van der Waals surface area contributed by atoms with Gasteiger partial charge < -0.3 is 4.74 Å². The van der Waals surface area contributed by atoms with Gasteiger partial charge >= 0.3 is 5.97 Å². The molecule has 0 saturated heterocycles. The second-order valence-corrected chi connectivity index (χ2v) is 4.37. The van der Waals surface area contributed by atoms with Gasteiger partial charge in [-0.15, -0.1) is 0 Å². The Morgan fingerprint density at radius 2 is 2.31 bits per heavy atom. The van der Waals surface area contributed by atoms with Crippen molar-refractivity contribution in [3.05, 3.63) is 39.5 Å². The van der Waals surface area contributed by atoms with Crippen molar-refractivity contribution in [2.24, 2.45) is 0 Å². The van der Waals surface area contributed by atoms with Crippen LogP contribution in [0.15, 0.2) is 28.9 Å². The summed E-state index contributed by atoms with van der Waals surface area (Å²) in [6.07, 6.45) is 1.63. The minimum Gasteiger partial charge on any atom is -0.465 e. The second kappa shape index (κ2) is 4.39. The zero-order valence-corrected chi connectivity index (χ0v) is 10.7. The van der Waals surface area contributed by atoms with Gasteiger partial charge in [-0.1, -0.05) is 17.7 Å². The minimum absolute atomic E-state index is 0.415. The Morgan fingerprint density at radius 1 is 1.56 bits per heavy atom. The number of hydrogen-bond donors (Lipinski definition) is 0. The van der Waals surface area contributed by atoms with Crippen LogP contribution in [0.1, 0.15) is 10.4 Å². The van der Waals surface area contributed by atoms with Crippen LogP contribution in [-0.4, -0.2) is 18.1 Å². The molecule has 1 heterocycles. The molecule has 0 aliphatic heterocycles. The highest BCUT2D eigenvalue weighted by Crippen LogP contribution is 2.31. The number of pyridine rings is 1. The number of hydrogen-bond acceptors (Lipinski definition) is 3. The number of carbonyl (C=O) groups excluding carboxylic acids is 1. The Labute approximate surface area is 106 Å². The first-order chi connectivity index (χ1) is 7.65. The van der Waals surface area contributed by atoms with Crippen molar-refractivity contribution in [3.63, 3.8) is 0 Å². The van der Waals surface area contributed by atoms with E-state index in [4.69, 9.17) is 16.3 Å². The van der Waals surface area contributed by atoms with Gasteiger partial charge in [0.2, 0.25) is 0 Å². The van der Waals surface area contributed by atoms with E-state index in [1.165, 1.54) is 7.11 Å². The Hall–Kier alpha value is -1.13. The molecule has 0 radical (unpaired) electrons. The molecular weight excluding hydrogens is 293 g/mol. The van der Waals surface area contributed by atoms with Crippen LogP contribution in [0.3, 0.4) is 0 Å². The molecule has 0 N–H and O–H groups in total. The normalized spacial score (nSPS) is 10.4. The average molecular weight is 301 g/mol. The Kier molecular flexibility index (Phi) is 3.12. The predicted molar refractivity (Wildman–Crippen MR) is 65.8 cm³/mol. The van der Waals surface area contributed by atoms with Gasteiger partial charge in [0, 0.05) is 16.1 Å². The zero-order valence-electron chi connectivity index (χ0n) is 8.33. The van der Waals surface area contributed by atoms with Crippen LogP contribution in [0, 0.1) is 0 Å². The van der Waals surface area contributed by atoms with E-state index in [-0.39, 0.29) is 0 Å². The van der Waals surface area contributed by atoms with E-state index in [1.807, 2.05) is 0 Å². The SMILES string of the molecule is COC(=O)c1c(Br)cc(Cl)c2ncccc12. The topological polar surface area (TPSA) is 39.2 Å². The summed E-state index contributed by atoms with van der Waals surface area (Å²) in [5, 5.41) is 1.17. The summed E-state index contributed by atoms with van der Waals surface area (Å²) < 4.78 is 5.33.